The van der Waals surface area contributed by atoms with E-state index in [1.807, 2.05) is 68.7 Å². The number of likely N-dealkylation sites (tertiary alicyclic amines) is 2. The van der Waals surface area contributed by atoms with Crippen molar-refractivity contribution in [1.82, 2.24) is 49.3 Å². The van der Waals surface area contributed by atoms with Gasteiger partial charge < -0.3 is 20.0 Å². The number of carbonyl (C=O) groups excluding carboxylic acids is 2. The zero-order chi connectivity index (χ0) is 45.9. The number of aromatic nitrogens is 8. The Morgan fingerprint density at radius 2 is 1.17 bits per heavy atom. The Morgan fingerprint density at radius 1 is 0.688 bits per heavy atom. The number of likely N-dealkylation sites (N-methyl/N-ethyl adjacent to an activating group) is 2. The molecule has 64 heavy (non-hydrogen) atoms. The summed E-state index contributed by atoms with van der Waals surface area (Å²) in [5.74, 6) is 10.4. The van der Waals surface area contributed by atoms with Crippen LogP contribution in [0.1, 0.15) is 24.0 Å². The van der Waals surface area contributed by atoms with E-state index < -0.39 is 18.7 Å². The van der Waals surface area contributed by atoms with Crippen LogP contribution in [0.3, 0.4) is 0 Å². The van der Waals surface area contributed by atoms with Crippen molar-refractivity contribution in [3.8, 4) is 57.7 Å². The summed E-state index contributed by atoms with van der Waals surface area (Å²) in [4.78, 5) is 43.1. The van der Waals surface area contributed by atoms with Crippen LogP contribution in [-0.2, 0) is 23.7 Å². The van der Waals surface area contributed by atoms with Gasteiger partial charge >= 0.3 is 58.9 Å². The molecule has 2 saturated heterocycles. The van der Waals surface area contributed by atoms with Crippen LogP contribution in [0.4, 0.5) is 12.9 Å². The number of hydrogen-bond donors (Lipinski definition) is 2. The molecule has 22 heteroatoms. The Hall–Kier alpha value is -4.64. The molecule has 0 bridgehead atoms. The van der Waals surface area contributed by atoms with Gasteiger partial charge in [0.2, 0.25) is 21.8 Å². The minimum atomic E-state index is -3.67. The Morgan fingerprint density at radius 3 is 1.62 bits per heavy atom. The van der Waals surface area contributed by atoms with Gasteiger partial charge in [-0.05, 0) is 53.5 Å². The molecule has 2 N–H and O–H groups in total. The molecule has 14 nitrogen and oxygen atoms in total. The van der Waals surface area contributed by atoms with Gasteiger partial charge in [-0.2, -0.15) is 40.5 Å². The number of rotatable bonds is 3. The summed E-state index contributed by atoms with van der Waals surface area (Å²) in [6.07, 6.45) is 4.03. The molecule has 8 rings (SSSR count). The van der Waals surface area contributed by atoms with Gasteiger partial charge in [0, 0.05) is 83.7 Å². The fraction of sp³-hybridized carbons (Fsp3) is 0.238. The molecule has 2 aliphatic rings. The van der Waals surface area contributed by atoms with Crippen LogP contribution in [0.25, 0.3) is 34.0 Å². The van der Waals surface area contributed by atoms with Gasteiger partial charge in [0.1, 0.15) is 5.15 Å². The second-order valence-corrected chi connectivity index (χ2v) is 14.8. The summed E-state index contributed by atoms with van der Waals surface area (Å²) in [5.41, 5.74) is 2.69. The minimum absolute atomic E-state index is 0. The third-order valence-electron chi connectivity index (χ3n) is 9.24. The average molecular weight is 958 g/mol. The number of amides is 2. The van der Waals surface area contributed by atoms with Gasteiger partial charge in [-0.15, -0.1) is 5.92 Å². The standard InChI is InChI=1S/C21H18ClN5O2.C13H12NO2.C8H6Cl2N4.BF3.K/c1-26-11-9-21(29,19(26)28)8-6-14-4-3-5-15(12-14)16-13-17(25-20(22)24-16)18-7-10-23-27(18)2;1-14-10-9-13(16,12(14)15)8-7-11-5-3-2-4-6-11;1-14-6(2-3-11-14)5-4-7(9)13-8(10)12-5;2-1(3)4;/h3-5,7,10,12-13,29H,9,11H2,1-2H3;2-3,5-6,16H,9-10H2,1H3;2-4H,1H3;;/q;-1;;;+1/t21-;13-;;;/m00.../s1. The summed E-state index contributed by atoms with van der Waals surface area (Å²) in [5, 5.41) is 29.3. The van der Waals surface area contributed by atoms with Crippen molar-refractivity contribution < 1.29 is 84.1 Å². The number of carbonyl (C=O) groups is 2. The SMILES string of the molecule is CN1CC[C@@](O)(C#Cc2c[c-]ccc2)C1=O.CN1CC[C@@](O)(C#Cc2cccc(-c3cc(-c4ccnn4C)nc(Cl)n3)c2)C1=O.Cn1nccc1-c1cc(Cl)nc(Cl)n1.FB(F)F.[K+]. The Kier molecular flexibility index (Phi) is 19.1. The monoisotopic (exact) mass is 956 g/mol. The van der Waals surface area contributed by atoms with E-state index >= 15 is 0 Å². The van der Waals surface area contributed by atoms with Gasteiger partial charge in [-0.1, -0.05) is 47.1 Å². The van der Waals surface area contributed by atoms with E-state index in [1.54, 1.807) is 54.1 Å². The summed E-state index contributed by atoms with van der Waals surface area (Å²) >= 11 is 17.6. The van der Waals surface area contributed by atoms with E-state index in [0.717, 1.165) is 22.5 Å². The maximum Gasteiger partial charge on any atom is 1.00 e. The van der Waals surface area contributed by atoms with Crippen molar-refractivity contribution >= 4 is 54.2 Å². The molecule has 4 aromatic heterocycles. The van der Waals surface area contributed by atoms with Crippen LogP contribution < -0.4 is 51.4 Å². The van der Waals surface area contributed by atoms with E-state index in [9.17, 15) is 32.7 Å². The topological polar surface area (TPSA) is 168 Å². The molecule has 0 unspecified atom stereocenters. The molecule has 2 amide bonds. The van der Waals surface area contributed by atoms with Crippen molar-refractivity contribution in [1.29, 1.82) is 0 Å². The third kappa shape index (κ3) is 14.2. The second kappa shape index (κ2) is 23.5. The Bertz CT molecular complexity index is 2690. The first-order chi connectivity index (χ1) is 29.9. The van der Waals surface area contributed by atoms with Crippen LogP contribution in [0.15, 0.2) is 85.2 Å². The molecule has 2 aliphatic heterocycles. The van der Waals surface area contributed by atoms with Gasteiger partial charge in [0.25, 0.3) is 11.8 Å². The molecule has 0 aliphatic carbocycles. The first-order valence-electron chi connectivity index (χ1n) is 18.6. The molecule has 0 radical (unpaired) electrons. The number of halogens is 6. The van der Waals surface area contributed by atoms with E-state index in [2.05, 4.69) is 59.9 Å². The average Bonchev–Trinajstić information content (AvgIpc) is 4.01. The van der Waals surface area contributed by atoms with Crippen LogP contribution in [0, 0.1) is 29.7 Å². The minimum Gasteiger partial charge on any atom is -0.369 e. The first kappa shape index (κ1) is 52.0. The summed E-state index contributed by atoms with van der Waals surface area (Å²) in [6, 6.07) is 24.5. The van der Waals surface area contributed by atoms with E-state index in [4.69, 9.17) is 34.8 Å². The predicted molar refractivity (Wildman–Crippen MR) is 231 cm³/mol. The maximum atomic E-state index is 12.1. The van der Waals surface area contributed by atoms with E-state index in [-0.39, 0.29) is 73.8 Å². The van der Waals surface area contributed by atoms with Crippen molar-refractivity contribution in [2.24, 2.45) is 14.1 Å². The zero-order valence-corrected chi connectivity index (χ0v) is 40.3. The molecule has 2 fully saturated rings. The van der Waals surface area contributed by atoms with E-state index in [0.29, 0.717) is 53.7 Å². The number of aliphatic hydroxyl groups is 2. The second-order valence-electron chi connectivity index (χ2n) is 13.7. The fourth-order valence-corrected chi connectivity index (χ4v) is 6.58. The quantitative estimate of drug-likeness (QED) is 0.0886. The van der Waals surface area contributed by atoms with Gasteiger partial charge in [-0.3, -0.25) is 31.9 Å². The van der Waals surface area contributed by atoms with Crippen molar-refractivity contribution in [2.75, 3.05) is 27.2 Å². The first-order valence-corrected chi connectivity index (χ1v) is 19.7. The summed E-state index contributed by atoms with van der Waals surface area (Å²) in [6.45, 7) is 1.03. The molecule has 2 atom stereocenters. The summed E-state index contributed by atoms with van der Waals surface area (Å²) in [7, 11) is 3.30. The largest absolute Gasteiger partial charge is 1.00 e. The van der Waals surface area contributed by atoms with Crippen molar-refractivity contribution in [3.63, 3.8) is 0 Å². The molecule has 324 valence electrons. The molecule has 6 heterocycles. The van der Waals surface area contributed by atoms with Gasteiger partial charge in [0.05, 0.1) is 28.5 Å². The molecule has 0 spiro atoms. The Balaban J connectivity index is 0.000000217. The molecular formula is C42H36BCl3F3KN10O4. The van der Waals surface area contributed by atoms with Crippen molar-refractivity contribution in [3.05, 3.63) is 118 Å². The van der Waals surface area contributed by atoms with Crippen LogP contribution in [-0.4, -0.2) is 117 Å². The number of hydrogen-bond acceptors (Lipinski definition) is 10. The Labute approximate surface area is 424 Å². The van der Waals surface area contributed by atoms with Crippen LogP contribution in [0.2, 0.25) is 15.7 Å². The number of aryl methyl sites for hydroxylation is 2. The molecule has 6 aromatic rings. The summed E-state index contributed by atoms with van der Waals surface area (Å²) < 4.78 is 32.4. The normalized spacial score (nSPS) is 17.2. The smallest absolute Gasteiger partial charge is 0.369 e. The van der Waals surface area contributed by atoms with Crippen LogP contribution >= 0.6 is 34.8 Å². The third-order valence-corrected chi connectivity index (χ3v) is 9.78. The van der Waals surface area contributed by atoms with E-state index in [1.165, 1.54) is 9.80 Å². The zero-order valence-electron chi connectivity index (χ0n) is 34.9. The molecule has 2 aromatic carbocycles. The number of nitrogens with zero attached hydrogens (tertiary/aromatic N) is 10. The number of benzene rings is 2. The van der Waals surface area contributed by atoms with Gasteiger partial charge in [-0.25, -0.2) is 19.9 Å². The molecular weight excluding hydrogens is 922 g/mol. The predicted octanol–water partition coefficient (Wildman–Crippen LogP) is 2.64. The van der Waals surface area contributed by atoms with Crippen LogP contribution in [0.5, 0.6) is 0 Å². The maximum absolute atomic E-state index is 12.1. The fourth-order valence-electron chi connectivity index (χ4n) is 5.99. The molecule has 0 saturated carbocycles. The van der Waals surface area contributed by atoms with Gasteiger partial charge in [0.15, 0.2) is 0 Å². The van der Waals surface area contributed by atoms with Crippen molar-refractivity contribution in [2.45, 2.75) is 24.0 Å².